The summed E-state index contributed by atoms with van der Waals surface area (Å²) < 4.78 is 5.80. The van der Waals surface area contributed by atoms with Crippen LogP contribution in [0.15, 0.2) is 24.3 Å². The van der Waals surface area contributed by atoms with Crippen LogP contribution in [0.3, 0.4) is 0 Å². The minimum Gasteiger partial charge on any atom is -0.365 e. The molecular weight excluding hydrogens is 236 g/mol. The van der Waals surface area contributed by atoms with Gasteiger partial charge in [-0.05, 0) is 36.3 Å². The zero-order chi connectivity index (χ0) is 13.2. The highest BCUT2D eigenvalue weighted by Crippen LogP contribution is 2.35. The molecule has 0 amide bonds. The molecule has 2 aliphatic rings. The van der Waals surface area contributed by atoms with E-state index in [4.69, 9.17) is 4.74 Å². The molecule has 0 N–H and O–H groups in total. The lowest BCUT2D eigenvalue weighted by Gasteiger charge is -2.31. The molecule has 0 saturated heterocycles. The zero-order valence-electron chi connectivity index (χ0n) is 11.6. The largest absolute Gasteiger partial charge is 0.365 e. The first-order valence-corrected chi connectivity index (χ1v) is 7.49. The highest BCUT2D eigenvalue weighted by atomic mass is 16.5. The first kappa shape index (κ1) is 12.9. The summed E-state index contributed by atoms with van der Waals surface area (Å²) in [5.41, 5.74) is 2.40. The number of ether oxygens (including phenoxy) is 1. The van der Waals surface area contributed by atoms with Crippen molar-refractivity contribution in [3.05, 3.63) is 35.4 Å². The monoisotopic (exact) mass is 258 g/mol. The third kappa shape index (κ3) is 2.59. The summed E-state index contributed by atoms with van der Waals surface area (Å²) in [5, 5.41) is 0. The first-order valence-electron chi connectivity index (χ1n) is 7.49. The van der Waals surface area contributed by atoms with Crippen molar-refractivity contribution < 1.29 is 9.53 Å². The quantitative estimate of drug-likeness (QED) is 0.808. The van der Waals surface area contributed by atoms with Crippen molar-refractivity contribution in [2.45, 2.75) is 45.1 Å². The molecule has 0 radical (unpaired) electrons. The van der Waals surface area contributed by atoms with E-state index in [0.717, 1.165) is 30.7 Å². The summed E-state index contributed by atoms with van der Waals surface area (Å²) in [6.07, 6.45) is 5.09. The van der Waals surface area contributed by atoms with Gasteiger partial charge in [0.1, 0.15) is 6.10 Å². The van der Waals surface area contributed by atoms with Crippen LogP contribution in [-0.2, 0) is 16.0 Å². The minimum atomic E-state index is -0.302. The normalized spacial score (nSPS) is 30.7. The van der Waals surface area contributed by atoms with Gasteiger partial charge in [0.2, 0.25) is 0 Å². The Hall–Kier alpha value is -1.15. The first-order chi connectivity index (χ1) is 9.25. The smallest absolute Gasteiger partial charge is 0.169 e. The SMILES string of the molecule is CC1CCC(C(=O)C2OCCc3ccccc32)CC1. The Balaban J connectivity index is 1.78. The third-order valence-corrected chi connectivity index (χ3v) is 4.67. The molecule has 2 heteroatoms. The van der Waals surface area contributed by atoms with Crippen molar-refractivity contribution in [2.75, 3.05) is 6.61 Å². The highest BCUT2D eigenvalue weighted by Gasteiger charge is 2.33. The van der Waals surface area contributed by atoms with E-state index in [0.29, 0.717) is 12.4 Å². The van der Waals surface area contributed by atoms with Crippen LogP contribution in [0.25, 0.3) is 0 Å². The van der Waals surface area contributed by atoms with E-state index in [1.54, 1.807) is 0 Å². The van der Waals surface area contributed by atoms with Gasteiger partial charge in [0, 0.05) is 5.92 Å². The molecular formula is C17H22O2. The van der Waals surface area contributed by atoms with Crippen LogP contribution in [-0.4, -0.2) is 12.4 Å². The fraction of sp³-hybridized carbons (Fsp3) is 0.588. The van der Waals surface area contributed by atoms with Gasteiger partial charge in [-0.2, -0.15) is 0 Å². The summed E-state index contributed by atoms with van der Waals surface area (Å²) in [6.45, 7) is 2.96. The molecule has 2 nitrogen and oxygen atoms in total. The van der Waals surface area contributed by atoms with Crippen LogP contribution in [0.4, 0.5) is 0 Å². The van der Waals surface area contributed by atoms with E-state index in [1.165, 1.54) is 18.4 Å². The second-order valence-corrected chi connectivity index (χ2v) is 6.06. The van der Waals surface area contributed by atoms with Crippen LogP contribution >= 0.6 is 0 Å². The lowest BCUT2D eigenvalue weighted by Crippen LogP contribution is -2.30. The number of carbonyl (C=O) groups excluding carboxylic acids is 1. The predicted molar refractivity (Wildman–Crippen MR) is 75.0 cm³/mol. The van der Waals surface area contributed by atoms with E-state index < -0.39 is 0 Å². The topological polar surface area (TPSA) is 26.3 Å². The number of carbonyl (C=O) groups is 1. The fourth-order valence-corrected chi connectivity index (χ4v) is 3.39. The van der Waals surface area contributed by atoms with Gasteiger partial charge in [0.05, 0.1) is 6.61 Å². The maximum Gasteiger partial charge on any atom is 0.169 e. The van der Waals surface area contributed by atoms with Gasteiger partial charge < -0.3 is 4.74 Å². The molecule has 1 heterocycles. The van der Waals surface area contributed by atoms with Crippen LogP contribution in [0.2, 0.25) is 0 Å². The van der Waals surface area contributed by atoms with Crippen molar-refractivity contribution in [1.29, 1.82) is 0 Å². The summed E-state index contributed by atoms with van der Waals surface area (Å²) in [4.78, 5) is 12.7. The maximum atomic E-state index is 12.7. The van der Waals surface area contributed by atoms with E-state index in [2.05, 4.69) is 19.1 Å². The van der Waals surface area contributed by atoms with E-state index in [9.17, 15) is 4.79 Å². The number of fused-ring (bicyclic) bond motifs is 1. The number of ketones is 1. The molecule has 0 bridgehead atoms. The zero-order valence-corrected chi connectivity index (χ0v) is 11.6. The number of hydrogen-bond donors (Lipinski definition) is 0. The summed E-state index contributed by atoms with van der Waals surface area (Å²) in [7, 11) is 0. The number of Topliss-reactive ketones (excluding diaryl/α,β-unsaturated/α-hetero) is 1. The summed E-state index contributed by atoms with van der Waals surface area (Å²) in [5.74, 6) is 1.31. The molecule has 1 saturated carbocycles. The molecule has 0 spiro atoms. The van der Waals surface area contributed by atoms with Crippen molar-refractivity contribution in [3.63, 3.8) is 0 Å². The Morgan fingerprint density at radius 2 is 1.89 bits per heavy atom. The molecule has 1 fully saturated rings. The minimum absolute atomic E-state index is 0.215. The number of hydrogen-bond acceptors (Lipinski definition) is 2. The maximum absolute atomic E-state index is 12.7. The van der Waals surface area contributed by atoms with E-state index in [-0.39, 0.29) is 12.0 Å². The van der Waals surface area contributed by atoms with Gasteiger partial charge in [0.15, 0.2) is 5.78 Å². The van der Waals surface area contributed by atoms with Crippen LogP contribution in [0.5, 0.6) is 0 Å². The third-order valence-electron chi connectivity index (χ3n) is 4.67. The van der Waals surface area contributed by atoms with Gasteiger partial charge in [0.25, 0.3) is 0 Å². The van der Waals surface area contributed by atoms with Gasteiger partial charge in [-0.25, -0.2) is 0 Å². The van der Waals surface area contributed by atoms with Gasteiger partial charge in [-0.3, -0.25) is 4.79 Å². The highest BCUT2D eigenvalue weighted by molar-refractivity contribution is 5.87. The Kier molecular flexibility index (Phi) is 3.69. The second kappa shape index (κ2) is 5.46. The average molecular weight is 258 g/mol. The lowest BCUT2D eigenvalue weighted by atomic mass is 9.78. The standard InChI is InChI=1S/C17H22O2/c1-12-6-8-14(9-7-12)16(18)17-15-5-3-2-4-13(15)10-11-19-17/h2-5,12,14,17H,6-11H2,1H3. The molecule has 102 valence electrons. The summed E-state index contributed by atoms with van der Waals surface area (Å²) in [6, 6.07) is 8.24. The molecule has 0 aromatic heterocycles. The average Bonchev–Trinajstić information content (AvgIpc) is 2.47. The second-order valence-electron chi connectivity index (χ2n) is 6.06. The Morgan fingerprint density at radius 3 is 2.68 bits per heavy atom. The van der Waals surface area contributed by atoms with Crippen LogP contribution in [0, 0.1) is 11.8 Å². The van der Waals surface area contributed by atoms with Crippen molar-refractivity contribution in [2.24, 2.45) is 11.8 Å². The van der Waals surface area contributed by atoms with Crippen LogP contribution < -0.4 is 0 Å². The van der Waals surface area contributed by atoms with Gasteiger partial charge in [-0.1, -0.05) is 44.0 Å². The molecule has 1 atom stereocenters. The van der Waals surface area contributed by atoms with Gasteiger partial charge in [-0.15, -0.1) is 0 Å². The fourth-order valence-electron chi connectivity index (χ4n) is 3.39. The predicted octanol–water partition coefficient (Wildman–Crippen LogP) is 3.70. The molecule has 1 aliphatic carbocycles. The molecule has 1 aromatic rings. The number of rotatable bonds is 2. The van der Waals surface area contributed by atoms with E-state index >= 15 is 0 Å². The van der Waals surface area contributed by atoms with Crippen molar-refractivity contribution >= 4 is 5.78 Å². The van der Waals surface area contributed by atoms with Crippen molar-refractivity contribution in [1.82, 2.24) is 0 Å². The Labute approximate surface area is 115 Å². The van der Waals surface area contributed by atoms with Crippen LogP contribution in [0.1, 0.15) is 49.8 Å². The summed E-state index contributed by atoms with van der Waals surface area (Å²) >= 11 is 0. The molecule has 1 unspecified atom stereocenters. The Morgan fingerprint density at radius 1 is 1.16 bits per heavy atom. The number of benzene rings is 1. The van der Waals surface area contributed by atoms with Crippen molar-refractivity contribution in [3.8, 4) is 0 Å². The Bertz CT molecular complexity index is 458. The molecule has 19 heavy (non-hydrogen) atoms. The molecule has 3 rings (SSSR count). The molecule has 1 aliphatic heterocycles. The molecule has 1 aromatic carbocycles. The van der Waals surface area contributed by atoms with E-state index in [1.807, 2.05) is 12.1 Å². The lowest BCUT2D eigenvalue weighted by molar-refractivity contribution is -0.137. The van der Waals surface area contributed by atoms with Gasteiger partial charge >= 0.3 is 0 Å².